The van der Waals surface area contributed by atoms with Crippen LogP contribution < -0.4 is 10.1 Å². The molecule has 0 bridgehead atoms. The first-order valence-electron chi connectivity index (χ1n) is 8.64. The summed E-state index contributed by atoms with van der Waals surface area (Å²) in [5.41, 5.74) is 0.254. The molecule has 1 aromatic heterocycles. The predicted octanol–water partition coefficient (Wildman–Crippen LogP) is 6.02. The number of amides is 1. The van der Waals surface area contributed by atoms with Gasteiger partial charge in [-0.05, 0) is 24.5 Å². The monoisotopic (exact) mass is 402 g/mol. The van der Waals surface area contributed by atoms with Gasteiger partial charge < -0.3 is 10.1 Å². The lowest BCUT2D eigenvalue weighted by atomic mass is 10.0. The Hall–Kier alpha value is -2.09. The van der Waals surface area contributed by atoms with Crippen LogP contribution in [0.5, 0.6) is 5.75 Å². The molecule has 1 amide bonds. The SMILES string of the molecule is CC.COc1cc(-c2nc(NC(C)=O)sc2CC(C)C)ccc1C(F)(F)F. The van der Waals surface area contributed by atoms with E-state index in [1.807, 2.05) is 27.7 Å². The van der Waals surface area contributed by atoms with Gasteiger partial charge in [0.25, 0.3) is 0 Å². The zero-order chi connectivity index (χ0) is 20.8. The summed E-state index contributed by atoms with van der Waals surface area (Å²) in [6.45, 7) is 9.45. The second kappa shape index (κ2) is 9.73. The van der Waals surface area contributed by atoms with Crippen molar-refractivity contribution in [3.05, 3.63) is 28.6 Å². The van der Waals surface area contributed by atoms with Crippen molar-refractivity contribution in [3.63, 3.8) is 0 Å². The number of hydrogen-bond acceptors (Lipinski definition) is 4. The Morgan fingerprint density at radius 1 is 1.30 bits per heavy atom. The summed E-state index contributed by atoms with van der Waals surface area (Å²) in [7, 11) is 1.20. The molecule has 0 aliphatic rings. The molecule has 2 rings (SSSR count). The minimum absolute atomic E-state index is 0.249. The summed E-state index contributed by atoms with van der Waals surface area (Å²) >= 11 is 1.33. The normalized spacial score (nSPS) is 11.0. The summed E-state index contributed by atoms with van der Waals surface area (Å²) in [6, 6.07) is 3.70. The zero-order valence-corrected chi connectivity index (χ0v) is 17.1. The molecule has 1 N–H and O–H groups in total. The molecule has 0 aliphatic heterocycles. The van der Waals surface area contributed by atoms with Crippen LogP contribution in [-0.2, 0) is 17.4 Å². The summed E-state index contributed by atoms with van der Waals surface area (Å²) in [5.74, 6) is -0.170. The van der Waals surface area contributed by atoms with Crippen LogP contribution in [0.25, 0.3) is 11.3 Å². The topological polar surface area (TPSA) is 51.2 Å². The molecule has 0 radical (unpaired) electrons. The van der Waals surface area contributed by atoms with Gasteiger partial charge in [0, 0.05) is 17.4 Å². The number of aromatic nitrogens is 1. The quantitative estimate of drug-likeness (QED) is 0.665. The minimum atomic E-state index is -4.49. The van der Waals surface area contributed by atoms with E-state index in [9.17, 15) is 18.0 Å². The fraction of sp³-hybridized carbons (Fsp3) is 0.474. The molecule has 1 heterocycles. The summed E-state index contributed by atoms with van der Waals surface area (Å²) in [6.07, 6.45) is -3.79. The second-order valence-electron chi connectivity index (χ2n) is 5.98. The van der Waals surface area contributed by atoms with Gasteiger partial charge >= 0.3 is 6.18 Å². The highest BCUT2D eigenvalue weighted by molar-refractivity contribution is 7.16. The van der Waals surface area contributed by atoms with E-state index >= 15 is 0 Å². The number of thiazole rings is 1. The van der Waals surface area contributed by atoms with Crippen molar-refractivity contribution in [2.24, 2.45) is 5.92 Å². The number of rotatable bonds is 5. The van der Waals surface area contributed by atoms with E-state index in [-0.39, 0.29) is 11.7 Å². The number of carbonyl (C=O) groups is 1. The molecule has 27 heavy (non-hydrogen) atoms. The molecular weight excluding hydrogens is 377 g/mol. The van der Waals surface area contributed by atoms with Crippen LogP contribution >= 0.6 is 11.3 Å². The molecule has 4 nitrogen and oxygen atoms in total. The van der Waals surface area contributed by atoms with Gasteiger partial charge in [-0.25, -0.2) is 4.98 Å². The number of halogens is 3. The van der Waals surface area contributed by atoms with Gasteiger partial charge in [-0.3, -0.25) is 4.79 Å². The smallest absolute Gasteiger partial charge is 0.419 e. The Bertz CT molecular complexity index is 771. The number of methoxy groups -OCH3 is 1. The third-order valence-corrected chi connectivity index (χ3v) is 4.35. The van der Waals surface area contributed by atoms with Gasteiger partial charge in [0.1, 0.15) is 5.75 Å². The number of carbonyl (C=O) groups excluding carboxylic acids is 1. The number of nitrogens with zero attached hydrogens (tertiary/aromatic N) is 1. The van der Waals surface area contributed by atoms with E-state index in [0.717, 1.165) is 10.9 Å². The van der Waals surface area contributed by atoms with Crippen molar-refractivity contribution in [2.75, 3.05) is 12.4 Å². The molecule has 0 unspecified atom stereocenters. The molecule has 0 saturated heterocycles. The maximum absolute atomic E-state index is 13.0. The van der Waals surface area contributed by atoms with Crippen molar-refractivity contribution >= 4 is 22.4 Å². The number of nitrogens with one attached hydrogen (secondary N) is 1. The van der Waals surface area contributed by atoms with E-state index in [0.29, 0.717) is 28.7 Å². The van der Waals surface area contributed by atoms with Gasteiger partial charge in [-0.15, -0.1) is 11.3 Å². The lowest BCUT2D eigenvalue weighted by Crippen LogP contribution is -2.07. The Kier molecular flexibility index (Phi) is 8.27. The van der Waals surface area contributed by atoms with Crippen molar-refractivity contribution in [1.82, 2.24) is 4.98 Å². The van der Waals surface area contributed by atoms with Crippen molar-refractivity contribution < 1.29 is 22.7 Å². The van der Waals surface area contributed by atoms with Gasteiger partial charge in [0.15, 0.2) is 5.13 Å². The van der Waals surface area contributed by atoms with Crippen LogP contribution in [0.15, 0.2) is 18.2 Å². The molecule has 0 atom stereocenters. The predicted molar refractivity (Wildman–Crippen MR) is 103 cm³/mol. The number of anilines is 1. The highest BCUT2D eigenvalue weighted by Gasteiger charge is 2.34. The molecule has 0 saturated carbocycles. The average molecular weight is 402 g/mol. The lowest BCUT2D eigenvalue weighted by Gasteiger charge is -2.13. The number of hydrogen-bond donors (Lipinski definition) is 1. The van der Waals surface area contributed by atoms with Crippen LogP contribution in [0, 0.1) is 5.92 Å². The number of alkyl halides is 3. The van der Waals surface area contributed by atoms with E-state index < -0.39 is 11.7 Å². The van der Waals surface area contributed by atoms with Crippen molar-refractivity contribution in [3.8, 4) is 17.0 Å². The third kappa shape index (κ3) is 6.23. The molecule has 0 aliphatic carbocycles. The molecular formula is C19H25F3N2O2S. The molecule has 8 heteroatoms. The van der Waals surface area contributed by atoms with E-state index in [2.05, 4.69) is 10.3 Å². The van der Waals surface area contributed by atoms with Crippen molar-refractivity contribution in [2.45, 2.75) is 47.2 Å². The van der Waals surface area contributed by atoms with E-state index in [4.69, 9.17) is 4.74 Å². The maximum Gasteiger partial charge on any atom is 0.419 e. The number of benzene rings is 1. The zero-order valence-electron chi connectivity index (χ0n) is 16.3. The van der Waals surface area contributed by atoms with E-state index in [1.165, 1.54) is 37.5 Å². The third-order valence-electron chi connectivity index (χ3n) is 3.35. The largest absolute Gasteiger partial charge is 0.496 e. The molecule has 150 valence electrons. The van der Waals surface area contributed by atoms with Crippen LogP contribution in [0.4, 0.5) is 18.3 Å². The Labute approximate surface area is 161 Å². The first-order valence-corrected chi connectivity index (χ1v) is 9.46. The van der Waals surface area contributed by atoms with Crippen LogP contribution in [-0.4, -0.2) is 18.0 Å². The van der Waals surface area contributed by atoms with Crippen molar-refractivity contribution in [1.29, 1.82) is 0 Å². The van der Waals surface area contributed by atoms with Gasteiger partial charge in [0.2, 0.25) is 5.91 Å². The lowest BCUT2D eigenvalue weighted by molar-refractivity contribution is -0.138. The highest BCUT2D eigenvalue weighted by atomic mass is 32.1. The molecule has 1 aromatic carbocycles. The van der Waals surface area contributed by atoms with Crippen LogP contribution in [0.3, 0.4) is 0 Å². The average Bonchev–Trinajstić information content (AvgIpc) is 2.96. The standard InChI is InChI=1S/C17H19F3N2O2S.C2H6/c1-9(2)7-14-15(22-16(25-14)21-10(3)23)11-5-6-12(17(18,19)20)13(8-11)24-4;1-2/h5-6,8-9H,7H2,1-4H3,(H,21,22,23);1-2H3. The molecule has 2 aromatic rings. The summed E-state index contributed by atoms with van der Waals surface area (Å²) < 4.78 is 44.0. The Morgan fingerprint density at radius 3 is 2.41 bits per heavy atom. The first kappa shape index (κ1) is 23.0. The number of ether oxygens (including phenoxy) is 1. The Morgan fingerprint density at radius 2 is 1.93 bits per heavy atom. The maximum atomic E-state index is 13.0. The summed E-state index contributed by atoms with van der Waals surface area (Å²) in [4.78, 5) is 16.6. The second-order valence-corrected chi connectivity index (χ2v) is 7.07. The van der Waals surface area contributed by atoms with Gasteiger partial charge in [0.05, 0.1) is 18.4 Å². The van der Waals surface area contributed by atoms with E-state index in [1.54, 1.807) is 0 Å². The minimum Gasteiger partial charge on any atom is -0.496 e. The summed E-state index contributed by atoms with van der Waals surface area (Å²) in [5, 5.41) is 3.06. The fourth-order valence-electron chi connectivity index (χ4n) is 2.36. The molecule has 0 spiro atoms. The fourth-order valence-corrected chi connectivity index (χ4v) is 3.61. The first-order chi connectivity index (χ1) is 12.6. The van der Waals surface area contributed by atoms with Gasteiger partial charge in [-0.1, -0.05) is 33.8 Å². The van der Waals surface area contributed by atoms with Crippen LogP contribution in [0.1, 0.15) is 45.1 Å². The van der Waals surface area contributed by atoms with Crippen LogP contribution in [0.2, 0.25) is 0 Å². The molecule has 0 fully saturated rings. The van der Waals surface area contributed by atoms with Gasteiger partial charge in [-0.2, -0.15) is 13.2 Å². The highest BCUT2D eigenvalue weighted by Crippen LogP contribution is 2.40. The Balaban J connectivity index is 0.00000176.